The highest BCUT2D eigenvalue weighted by atomic mass is 19.4. The summed E-state index contributed by atoms with van der Waals surface area (Å²) in [6.45, 7) is 1.92. The second kappa shape index (κ2) is 5.91. The lowest BCUT2D eigenvalue weighted by Gasteiger charge is -2.10. The van der Waals surface area contributed by atoms with Crippen LogP contribution >= 0.6 is 0 Å². The molecule has 0 radical (unpaired) electrons. The molecule has 0 bridgehead atoms. The lowest BCUT2D eigenvalue weighted by atomic mass is 10.1. The second-order valence-electron chi connectivity index (χ2n) is 5.71. The Hall–Kier alpha value is -3.29. The van der Waals surface area contributed by atoms with E-state index in [0.29, 0.717) is 10.9 Å². The summed E-state index contributed by atoms with van der Waals surface area (Å²) in [6.07, 6.45) is -3.29. The molecule has 0 aliphatic heterocycles. The molecule has 130 valence electrons. The van der Waals surface area contributed by atoms with Crippen molar-refractivity contribution < 1.29 is 17.6 Å². The first kappa shape index (κ1) is 16.2. The molecule has 0 saturated carbocycles. The molecule has 4 aromatic rings. The Balaban J connectivity index is 1.87. The first-order valence-corrected chi connectivity index (χ1v) is 7.66. The van der Waals surface area contributed by atoms with Crippen LogP contribution in [0.4, 0.5) is 13.2 Å². The van der Waals surface area contributed by atoms with Crippen LogP contribution in [-0.4, -0.2) is 20.2 Å². The zero-order valence-electron chi connectivity index (χ0n) is 13.4. The normalized spacial score (nSPS) is 11.8. The van der Waals surface area contributed by atoms with Crippen molar-refractivity contribution in [2.45, 2.75) is 13.1 Å². The quantitative estimate of drug-likeness (QED) is 0.522. The minimum atomic E-state index is -4.68. The number of hydrogen-bond donors (Lipinski definition) is 0. The van der Waals surface area contributed by atoms with E-state index >= 15 is 0 Å². The number of benzene rings is 1. The molecule has 0 aliphatic rings. The van der Waals surface area contributed by atoms with Gasteiger partial charge in [-0.25, -0.2) is 9.97 Å². The third kappa shape index (κ3) is 2.90. The predicted molar refractivity (Wildman–Crippen MR) is 88.0 cm³/mol. The smallest absolute Gasteiger partial charge is 0.416 e. The summed E-state index contributed by atoms with van der Waals surface area (Å²) in [4.78, 5) is 7.53. The molecule has 0 aliphatic carbocycles. The maximum absolute atomic E-state index is 13.5. The highest BCUT2D eigenvalue weighted by Crippen LogP contribution is 2.37. The Kier molecular flexibility index (Phi) is 3.68. The fourth-order valence-electron chi connectivity index (χ4n) is 2.53. The molecule has 8 heteroatoms. The largest absolute Gasteiger partial charge is 0.434 e. The minimum absolute atomic E-state index is 0.00171. The van der Waals surface area contributed by atoms with Gasteiger partial charge in [0.25, 0.3) is 0 Å². The van der Waals surface area contributed by atoms with Gasteiger partial charge in [-0.2, -0.15) is 13.2 Å². The minimum Gasteiger partial charge on any atom is -0.416 e. The highest BCUT2D eigenvalue weighted by Gasteiger charge is 2.37. The number of nitrogens with zero attached hydrogens (tertiary/aromatic N) is 4. The van der Waals surface area contributed by atoms with E-state index in [9.17, 15) is 13.2 Å². The predicted octanol–water partition coefficient (Wildman–Crippen LogP) is 4.67. The van der Waals surface area contributed by atoms with Crippen molar-refractivity contribution in [2.75, 3.05) is 0 Å². The maximum Gasteiger partial charge on any atom is 0.434 e. The van der Waals surface area contributed by atoms with Crippen molar-refractivity contribution in [2.24, 2.45) is 0 Å². The van der Waals surface area contributed by atoms with Gasteiger partial charge in [0, 0.05) is 17.1 Å². The van der Waals surface area contributed by atoms with Gasteiger partial charge < -0.3 is 4.42 Å². The maximum atomic E-state index is 13.5. The summed E-state index contributed by atoms with van der Waals surface area (Å²) in [5.41, 5.74) is 0.283. The lowest BCUT2D eigenvalue weighted by molar-refractivity contribution is -0.140. The molecule has 0 atom stereocenters. The van der Waals surface area contributed by atoms with Crippen molar-refractivity contribution in [3.63, 3.8) is 0 Å². The molecule has 3 heterocycles. The average molecular weight is 356 g/mol. The van der Waals surface area contributed by atoms with E-state index in [2.05, 4.69) is 20.2 Å². The Morgan fingerprint density at radius 3 is 2.42 bits per heavy atom. The molecule has 0 amide bonds. The highest BCUT2D eigenvalue weighted by molar-refractivity contribution is 5.80. The molecule has 0 saturated heterocycles. The van der Waals surface area contributed by atoms with Crippen molar-refractivity contribution in [1.82, 2.24) is 20.2 Å². The molecule has 0 unspecified atom stereocenters. The van der Waals surface area contributed by atoms with E-state index in [1.807, 2.05) is 19.1 Å². The van der Waals surface area contributed by atoms with E-state index in [-0.39, 0.29) is 23.0 Å². The summed E-state index contributed by atoms with van der Waals surface area (Å²) in [6, 6.07) is 11.8. The van der Waals surface area contributed by atoms with Crippen LogP contribution in [0, 0.1) is 6.92 Å². The number of fused-ring (bicyclic) bond motifs is 1. The molecule has 1 aromatic carbocycles. The van der Waals surface area contributed by atoms with Gasteiger partial charge in [-0.05, 0) is 37.3 Å². The molecule has 0 spiro atoms. The Bertz CT molecular complexity index is 1090. The summed E-state index contributed by atoms with van der Waals surface area (Å²) in [7, 11) is 0. The van der Waals surface area contributed by atoms with Gasteiger partial charge in [0.1, 0.15) is 0 Å². The standard InChI is InChI=1S/C18H11F3N4O/c1-10-4-6-11(7-5-10)16-24-25-17(26-16)13-9-12-3-2-8-22-15(12)23-14(13)18(19,20)21/h2-9H,1H3. The van der Waals surface area contributed by atoms with E-state index in [1.54, 1.807) is 24.3 Å². The van der Waals surface area contributed by atoms with Crippen molar-refractivity contribution in [3.8, 4) is 22.9 Å². The fraction of sp³-hybridized carbons (Fsp3) is 0.111. The van der Waals surface area contributed by atoms with Crippen LogP contribution in [-0.2, 0) is 6.18 Å². The van der Waals surface area contributed by atoms with Gasteiger partial charge in [0.2, 0.25) is 11.8 Å². The van der Waals surface area contributed by atoms with Gasteiger partial charge in [0.05, 0.1) is 5.56 Å². The SMILES string of the molecule is Cc1ccc(-c2nnc(-c3cc4cccnc4nc3C(F)(F)F)o2)cc1. The number of halogens is 3. The van der Waals surface area contributed by atoms with Gasteiger partial charge in [-0.15, -0.1) is 10.2 Å². The average Bonchev–Trinajstić information content (AvgIpc) is 3.10. The van der Waals surface area contributed by atoms with Crippen LogP contribution in [0.2, 0.25) is 0 Å². The first-order chi connectivity index (χ1) is 12.4. The summed E-state index contributed by atoms with van der Waals surface area (Å²) in [5, 5.41) is 8.11. The third-order valence-electron chi connectivity index (χ3n) is 3.81. The van der Waals surface area contributed by atoms with Crippen LogP contribution < -0.4 is 0 Å². The van der Waals surface area contributed by atoms with E-state index in [1.165, 1.54) is 12.3 Å². The Morgan fingerprint density at radius 2 is 1.69 bits per heavy atom. The second-order valence-corrected chi connectivity index (χ2v) is 5.71. The molecule has 26 heavy (non-hydrogen) atoms. The Morgan fingerprint density at radius 1 is 0.962 bits per heavy atom. The van der Waals surface area contributed by atoms with Gasteiger partial charge >= 0.3 is 6.18 Å². The first-order valence-electron chi connectivity index (χ1n) is 7.66. The van der Waals surface area contributed by atoms with Gasteiger partial charge in [0.15, 0.2) is 11.3 Å². The number of alkyl halides is 3. The van der Waals surface area contributed by atoms with Crippen molar-refractivity contribution in [3.05, 3.63) is 59.9 Å². The lowest BCUT2D eigenvalue weighted by Crippen LogP contribution is -2.11. The van der Waals surface area contributed by atoms with Crippen LogP contribution in [0.15, 0.2) is 53.1 Å². The molecule has 5 nitrogen and oxygen atoms in total. The zero-order valence-corrected chi connectivity index (χ0v) is 13.4. The van der Waals surface area contributed by atoms with Gasteiger partial charge in [-0.1, -0.05) is 17.7 Å². The molecule has 0 N–H and O–H groups in total. The summed E-state index contributed by atoms with van der Waals surface area (Å²) < 4.78 is 45.9. The monoisotopic (exact) mass is 356 g/mol. The number of rotatable bonds is 2. The van der Waals surface area contributed by atoms with E-state index in [4.69, 9.17) is 4.42 Å². The third-order valence-corrected chi connectivity index (χ3v) is 3.81. The number of hydrogen-bond acceptors (Lipinski definition) is 5. The number of pyridine rings is 2. The summed E-state index contributed by atoms with van der Waals surface area (Å²) in [5.74, 6) is -0.106. The van der Waals surface area contributed by atoms with Gasteiger partial charge in [-0.3, -0.25) is 0 Å². The van der Waals surface area contributed by atoms with Crippen molar-refractivity contribution >= 4 is 11.0 Å². The summed E-state index contributed by atoms with van der Waals surface area (Å²) >= 11 is 0. The molecule has 0 fully saturated rings. The van der Waals surface area contributed by atoms with Crippen LogP contribution in [0.1, 0.15) is 11.3 Å². The molecule has 3 aromatic heterocycles. The molecular weight excluding hydrogens is 345 g/mol. The number of aryl methyl sites for hydroxylation is 1. The van der Waals surface area contributed by atoms with Crippen LogP contribution in [0.25, 0.3) is 33.9 Å². The topological polar surface area (TPSA) is 64.7 Å². The Labute approximate surface area is 145 Å². The number of aromatic nitrogens is 4. The van der Waals surface area contributed by atoms with E-state index < -0.39 is 11.9 Å². The zero-order chi connectivity index (χ0) is 18.3. The van der Waals surface area contributed by atoms with Crippen LogP contribution in [0.5, 0.6) is 0 Å². The van der Waals surface area contributed by atoms with E-state index in [0.717, 1.165) is 5.56 Å². The molecule has 4 rings (SSSR count). The van der Waals surface area contributed by atoms with Crippen LogP contribution in [0.3, 0.4) is 0 Å². The van der Waals surface area contributed by atoms with Crippen molar-refractivity contribution in [1.29, 1.82) is 0 Å². The fourth-order valence-corrected chi connectivity index (χ4v) is 2.53. The molecular formula is C18H11F3N4O.